The van der Waals surface area contributed by atoms with Crippen LogP contribution in [0.4, 0.5) is 5.69 Å². The van der Waals surface area contributed by atoms with Crippen molar-refractivity contribution >= 4 is 17.6 Å². The van der Waals surface area contributed by atoms with Crippen LogP contribution in [0.2, 0.25) is 0 Å². The lowest BCUT2D eigenvalue weighted by atomic mass is 9.82. The first-order chi connectivity index (χ1) is 10.6. The van der Waals surface area contributed by atoms with Crippen LogP contribution in [0.3, 0.4) is 0 Å². The summed E-state index contributed by atoms with van der Waals surface area (Å²) in [5.74, 6) is -2.65. The van der Waals surface area contributed by atoms with E-state index in [9.17, 15) is 14.7 Å². The number of ether oxygens (including phenoxy) is 2. The van der Waals surface area contributed by atoms with E-state index in [1.807, 2.05) is 6.92 Å². The molecule has 0 unspecified atom stereocenters. The number of aliphatic carboxylic acids is 1. The van der Waals surface area contributed by atoms with Gasteiger partial charge in [-0.25, -0.2) is 0 Å². The number of benzene rings is 1. The van der Waals surface area contributed by atoms with Gasteiger partial charge in [0.05, 0.1) is 24.7 Å². The Kier molecular flexibility index (Phi) is 3.85. The van der Waals surface area contributed by atoms with Crippen LogP contribution in [0.25, 0.3) is 0 Å². The van der Waals surface area contributed by atoms with Crippen molar-refractivity contribution < 1.29 is 24.2 Å². The fraction of sp³-hybridized carbons (Fsp3) is 0.375. The molecule has 116 valence electrons. The Balaban J connectivity index is 1.71. The van der Waals surface area contributed by atoms with E-state index in [0.29, 0.717) is 18.0 Å². The lowest BCUT2D eigenvalue weighted by Crippen LogP contribution is -2.45. The van der Waals surface area contributed by atoms with Crippen molar-refractivity contribution in [3.8, 4) is 5.75 Å². The van der Waals surface area contributed by atoms with E-state index >= 15 is 0 Å². The van der Waals surface area contributed by atoms with E-state index in [2.05, 4.69) is 5.32 Å². The number of anilines is 1. The minimum atomic E-state index is -1.26. The summed E-state index contributed by atoms with van der Waals surface area (Å²) in [6, 6.07) is 6.90. The van der Waals surface area contributed by atoms with Gasteiger partial charge in [0.1, 0.15) is 5.75 Å². The van der Waals surface area contributed by atoms with E-state index in [4.69, 9.17) is 9.47 Å². The number of hydrogen-bond acceptors (Lipinski definition) is 5. The molecule has 22 heavy (non-hydrogen) atoms. The summed E-state index contributed by atoms with van der Waals surface area (Å²) in [5, 5.41) is 14.0. The maximum atomic E-state index is 12.4. The highest BCUT2D eigenvalue weighted by Crippen LogP contribution is 2.39. The first-order valence-electron chi connectivity index (χ1n) is 7.18. The van der Waals surface area contributed by atoms with Gasteiger partial charge in [-0.2, -0.15) is 0 Å². The monoisotopic (exact) mass is 302 g/mol. The lowest BCUT2D eigenvalue weighted by molar-refractivity contribution is -0.313. The largest absolute Gasteiger partial charge is 0.550 e. The van der Waals surface area contributed by atoms with Crippen LogP contribution in [-0.2, 0) is 14.3 Å². The third-order valence-corrected chi connectivity index (χ3v) is 3.91. The van der Waals surface area contributed by atoms with Crippen LogP contribution in [-0.4, -0.2) is 30.7 Å². The second-order valence-corrected chi connectivity index (χ2v) is 5.27. The molecule has 2 heterocycles. The molecule has 0 spiro atoms. The van der Waals surface area contributed by atoms with E-state index < -0.39 is 30.0 Å². The summed E-state index contributed by atoms with van der Waals surface area (Å²) in [6.07, 6.45) is 2.32. The zero-order valence-corrected chi connectivity index (χ0v) is 12.0. The molecule has 6 heteroatoms. The van der Waals surface area contributed by atoms with Crippen molar-refractivity contribution in [3.05, 3.63) is 36.4 Å². The number of carbonyl (C=O) groups excluding carboxylic acids is 2. The Labute approximate surface area is 127 Å². The number of nitrogens with one attached hydrogen (secondary N) is 1. The van der Waals surface area contributed by atoms with Crippen LogP contribution in [0, 0.1) is 11.8 Å². The second kappa shape index (κ2) is 5.81. The molecule has 0 aromatic heterocycles. The van der Waals surface area contributed by atoms with Crippen molar-refractivity contribution in [1.82, 2.24) is 0 Å². The predicted molar refractivity (Wildman–Crippen MR) is 76.0 cm³/mol. The van der Waals surface area contributed by atoms with E-state index in [0.717, 1.165) is 0 Å². The Morgan fingerprint density at radius 2 is 1.82 bits per heavy atom. The first kappa shape index (κ1) is 14.6. The lowest BCUT2D eigenvalue weighted by Gasteiger charge is -2.25. The number of rotatable bonds is 5. The van der Waals surface area contributed by atoms with E-state index in [1.165, 1.54) is 0 Å². The SMILES string of the molecule is CCOc1ccc(NC(=O)[C@H]2[C@@H](C(=O)[O-])[C@@H]3C=C[C@H]2O3)cc1. The van der Waals surface area contributed by atoms with Crippen LogP contribution in [0.15, 0.2) is 36.4 Å². The van der Waals surface area contributed by atoms with Gasteiger partial charge in [0.15, 0.2) is 0 Å². The highest BCUT2D eigenvalue weighted by molar-refractivity contribution is 5.96. The number of carbonyl (C=O) groups is 2. The zero-order chi connectivity index (χ0) is 15.7. The molecule has 1 fully saturated rings. The van der Waals surface area contributed by atoms with Crippen molar-refractivity contribution in [2.75, 3.05) is 11.9 Å². The molecule has 2 aliphatic rings. The highest BCUT2D eigenvalue weighted by Gasteiger charge is 2.50. The van der Waals surface area contributed by atoms with Crippen molar-refractivity contribution in [2.45, 2.75) is 19.1 Å². The maximum Gasteiger partial charge on any atom is 0.231 e. The van der Waals surface area contributed by atoms with Crippen molar-refractivity contribution in [1.29, 1.82) is 0 Å². The second-order valence-electron chi connectivity index (χ2n) is 5.27. The van der Waals surface area contributed by atoms with E-state index in [1.54, 1.807) is 36.4 Å². The highest BCUT2D eigenvalue weighted by atomic mass is 16.5. The zero-order valence-electron chi connectivity index (χ0n) is 12.0. The Bertz CT molecular complexity index is 609. The Morgan fingerprint density at radius 3 is 2.41 bits per heavy atom. The van der Waals surface area contributed by atoms with Crippen molar-refractivity contribution in [3.63, 3.8) is 0 Å². The third-order valence-electron chi connectivity index (χ3n) is 3.91. The predicted octanol–water partition coefficient (Wildman–Crippen LogP) is 0.343. The minimum Gasteiger partial charge on any atom is -0.550 e. The van der Waals surface area contributed by atoms with Gasteiger partial charge in [-0.15, -0.1) is 0 Å². The number of fused-ring (bicyclic) bond motifs is 2. The molecular weight excluding hydrogens is 286 g/mol. The average molecular weight is 302 g/mol. The molecule has 1 saturated heterocycles. The van der Waals surface area contributed by atoms with Gasteiger partial charge in [0.25, 0.3) is 0 Å². The fourth-order valence-electron chi connectivity index (χ4n) is 2.93. The van der Waals surface area contributed by atoms with Gasteiger partial charge in [0.2, 0.25) is 5.91 Å². The topological polar surface area (TPSA) is 87.7 Å². The molecule has 0 aliphatic carbocycles. The number of hydrogen-bond donors (Lipinski definition) is 1. The van der Waals surface area contributed by atoms with Crippen LogP contribution in [0.1, 0.15) is 6.92 Å². The van der Waals surface area contributed by atoms with Crippen LogP contribution in [0.5, 0.6) is 5.75 Å². The number of carboxylic acid groups (broad SMARTS) is 1. The van der Waals surface area contributed by atoms with Crippen molar-refractivity contribution in [2.24, 2.45) is 11.8 Å². The normalized spacial score (nSPS) is 28.6. The number of carboxylic acids is 1. The summed E-state index contributed by atoms with van der Waals surface area (Å²) in [6.45, 7) is 2.45. The summed E-state index contributed by atoms with van der Waals surface area (Å²) >= 11 is 0. The molecule has 6 nitrogen and oxygen atoms in total. The standard InChI is InChI=1S/C16H17NO5/c1-2-21-10-5-3-9(4-6-10)17-15(18)13-11-7-8-12(22-11)14(13)16(19)20/h3-8,11-14H,2H2,1H3,(H,17,18)(H,19,20)/p-1/t11-,12+,13-,14+/m1/s1. The molecule has 1 amide bonds. The van der Waals surface area contributed by atoms with Gasteiger partial charge >= 0.3 is 0 Å². The number of amides is 1. The smallest absolute Gasteiger partial charge is 0.231 e. The molecule has 3 rings (SSSR count). The van der Waals surface area contributed by atoms with Gasteiger partial charge in [-0.1, -0.05) is 12.2 Å². The quantitative estimate of drug-likeness (QED) is 0.793. The van der Waals surface area contributed by atoms with Gasteiger partial charge in [-0.3, -0.25) is 4.79 Å². The molecule has 0 radical (unpaired) electrons. The summed E-state index contributed by atoms with van der Waals surface area (Å²) in [7, 11) is 0. The molecule has 2 bridgehead atoms. The Morgan fingerprint density at radius 1 is 1.18 bits per heavy atom. The molecule has 2 aliphatic heterocycles. The molecule has 1 N–H and O–H groups in total. The fourth-order valence-corrected chi connectivity index (χ4v) is 2.93. The molecule has 1 aromatic carbocycles. The first-order valence-corrected chi connectivity index (χ1v) is 7.18. The van der Waals surface area contributed by atoms with Crippen LogP contribution >= 0.6 is 0 Å². The van der Waals surface area contributed by atoms with Gasteiger partial charge in [0, 0.05) is 17.6 Å². The Hall–Kier alpha value is -2.34. The third kappa shape index (κ3) is 2.57. The molecule has 1 aromatic rings. The minimum absolute atomic E-state index is 0.379. The molecule has 4 atom stereocenters. The summed E-state index contributed by atoms with van der Waals surface area (Å²) < 4.78 is 10.8. The summed E-state index contributed by atoms with van der Waals surface area (Å²) in [4.78, 5) is 23.6. The molecular formula is C16H16NO5-. The average Bonchev–Trinajstić information content (AvgIpc) is 3.10. The van der Waals surface area contributed by atoms with Gasteiger partial charge < -0.3 is 24.7 Å². The molecule has 0 saturated carbocycles. The maximum absolute atomic E-state index is 12.4. The van der Waals surface area contributed by atoms with Crippen LogP contribution < -0.4 is 15.2 Å². The van der Waals surface area contributed by atoms with E-state index in [-0.39, 0.29) is 5.91 Å². The summed E-state index contributed by atoms with van der Waals surface area (Å²) in [5.41, 5.74) is 0.581. The van der Waals surface area contributed by atoms with Gasteiger partial charge in [-0.05, 0) is 31.2 Å².